The second kappa shape index (κ2) is 4.09. The average Bonchev–Trinajstić information content (AvgIpc) is 1.83. The molecule has 1 N–H and O–H groups in total. The van der Waals surface area contributed by atoms with Crippen molar-refractivity contribution in [2.45, 2.75) is 31.5 Å². The Morgan fingerprint density at radius 3 is 2.08 bits per heavy atom. The molecule has 2 nitrogen and oxygen atoms in total. The summed E-state index contributed by atoms with van der Waals surface area (Å²) in [4.78, 5) is 0. The maximum Gasteiger partial charge on any atom is 0.389 e. The van der Waals surface area contributed by atoms with Crippen LogP contribution < -0.4 is 0 Å². The molecule has 0 aromatic rings. The summed E-state index contributed by atoms with van der Waals surface area (Å²) < 4.78 is 39.6. The van der Waals surface area contributed by atoms with Crippen LogP contribution in [0.15, 0.2) is 0 Å². The Morgan fingerprint density at radius 1 is 1.25 bits per heavy atom. The van der Waals surface area contributed by atoms with Gasteiger partial charge in [-0.15, -0.1) is 0 Å². The first-order valence-electron chi connectivity index (χ1n) is 3.55. The van der Waals surface area contributed by atoms with Crippen molar-refractivity contribution in [1.29, 1.82) is 0 Å². The largest absolute Gasteiger partial charge is 0.389 e. The molecule has 0 bridgehead atoms. The van der Waals surface area contributed by atoms with Gasteiger partial charge in [0.25, 0.3) is 0 Å². The molecule has 0 saturated carbocycles. The fraction of sp³-hybridized carbons (Fsp3) is 1.00. The van der Waals surface area contributed by atoms with E-state index in [1.54, 1.807) is 0 Å². The zero-order valence-corrected chi connectivity index (χ0v) is 7.11. The molecular formula is C7H13F3O2. The summed E-state index contributed by atoms with van der Waals surface area (Å²) in [6, 6.07) is 0. The highest BCUT2D eigenvalue weighted by Crippen LogP contribution is 2.25. The van der Waals surface area contributed by atoms with E-state index in [2.05, 4.69) is 4.74 Å². The molecule has 0 rings (SSSR count). The molecule has 0 fully saturated rings. The van der Waals surface area contributed by atoms with E-state index in [1.807, 2.05) is 0 Å². The van der Waals surface area contributed by atoms with E-state index >= 15 is 0 Å². The standard InChI is InChI=1S/C7H13F3O2/c1-6(11,5-12-2)3-4-7(8,9)10/h11H,3-5H2,1-2H3. The van der Waals surface area contributed by atoms with Gasteiger partial charge in [0.15, 0.2) is 0 Å². The SMILES string of the molecule is COCC(C)(O)CCC(F)(F)F. The molecule has 74 valence electrons. The van der Waals surface area contributed by atoms with Crippen molar-refractivity contribution in [2.75, 3.05) is 13.7 Å². The van der Waals surface area contributed by atoms with Gasteiger partial charge in [-0.1, -0.05) is 0 Å². The van der Waals surface area contributed by atoms with E-state index in [9.17, 15) is 18.3 Å². The van der Waals surface area contributed by atoms with Crippen LogP contribution in [0.25, 0.3) is 0 Å². The van der Waals surface area contributed by atoms with Gasteiger partial charge in [-0.25, -0.2) is 0 Å². The number of hydrogen-bond donors (Lipinski definition) is 1. The quantitative estimate of drug-likeness (QED) is 0.724. The Morgan fingerprint density at radius 2 is 1.75 bits per heavy atom. The van der Waals surface area contributed by atoms with Gasteiger partial charge in [0, 0.05) is 13.5 Å². The zero-order chi connectivity index (χ0) is 9.83. The van der Waals surface area contributed by atoms with E-state index in [0.717, 1.165) is 0 Å². The highest BCUT2D eigenvalue weighted by atomic mass is 19.4. The minimum absolute atomic E-state index is 0.0803. The fourth-order valence-corrected chi connectivity index (χ4v) is 0.794. The fourth-order valence-electron chi connectivity index (χ4n) is 0.794. The molecule has 5 heteroatoms. The molecule has 0 aromatic heterocycles. The first-order chi connectivity index (χ1) is 5.27. The number of aliphatic hydroxyl groups is 1. The Hall–Kier alpha value is -0.290. The Kier molecular flexibility index (Phi) is 3.99. The maximum absolute atomic E-state index is 11.7. The topological polar surface area (TPSA) is 29.5 Å². The normalized spacial score (nSPS) is 17.5. The number of ether oxygens (including phenoxy) is 1. The third-order valence-electron chi connectivity index (χ3n) is 1.40. The first-order valence-corrected chi connectivity index (χ1v) is 3.55. The van der Waals surface area contributed by atoms with Gasteiger partial charge in [-0.3, -0.25) is 0 Å². The molecule has 0 spiro atoms. The average molecular weight is 186 g/mol. The van der Waals surface area contributed by atoms with Crippen LogP contribution in [-0.2, 0) is 4.74 Å². The van der Waals surface area contributed by atoms with Gasteiger partial charge < -0.3 is 9.84 Å². The number of halogens is 3. The number of alkyl halides is 3. The van der Waals surface area contributed by atoms with Gasteiger partial charge in [0.1, 0.15) is 0 Å². The van der Waals surface area contributed by atoms with E-state index < -0.39 is 18.2 Å². The van der Waals surface area contributed by atoms with Crippen molar-refractivity contribution in [3.8, 4) is 0 Å². The van der Waals surface area contributed by atoms with Crippen molar-refractivity contribution in [1.82, 2.24) is 0 Å². The summed E-state index contributed by atoms with van der Waals surface area (Å²) in [5.74, 6) is 0. The summed E-state index contributed by atoms with van der Waals surface area (Å²) in [5, 5.41) is 9.25. The summed E-state index contributed by atoms with van der Waals surface area (Å²) >= 11 is 0. The summed E-state index contributed by atoms with van der Waals surface area (Å²) in [5.41, 5.74) is -1.38. The molecular weight excluding hydrogens is 173 g/mol. The van der Waals surface area contributed by atoms with Crippen LogP contribution in [0.3, 0.4) is 0 Å². The van der Waals surface area contributed by atoms with Crippen molar-refractivity contribution in [3.05, 3.63) is 0 Å². The van der Waals surface area contributed by atoms with Crippen molar-refractivity contribution >= 4 is 0 Å². The molecule has 0 aliphatic heterocycles. The smallest absolute Gasteiger partial charge is 0.388 e. The molecule has 0 radical (unpaired) electrons. The molecule has 0 aromatic carbocycles. The van der Waals surface area contributed by atoms with Crippen molar-refractivity contribution < 1.29 is 23.0 Å². The summed E-state index contributed by atoms with van der Waals surface area (Å²) in [6.07, 6.45) is -5.52. The molecule has 0 amide bonds. The van der Waals surface area contributed by atoms with Crippen LogP contribution in [0, 0.1) is 0 Å². The minimum atomic E-state index is -4.21. The predicted molar refractivity (Wildman–Crippen MR) is 37.8 cm³/mol. The van der Waals surface area contributed by atoms with Crippen LogP contribution in [-0.4, -0.2) is 30.6 Å². The lowest BCUT2D eigenvalue weighted by molar-refractivity contribution is -0.149. The molecule has 1 atom stereocenters. The van der Waals surface area contributed by atoms with Gasteiger partial charge in [0.2, 0.25) is 0 Å². The molecule has 12 heavy (non-hydrogen) atoms. The summed E-state index contributed by atoms with van der Waals surface area (Å²) in [7, 11) is 1.34. The zero-order valence-electron chi connectivity index (χ0n) is 7.11. The minimum Gasteiger partial charge on any atom is -0.388 e. The monoisotopic (exact) mass is 186 g/mol. The van der Waals surface area contributed by atoms with Crippen LogP contribution in [0.1, 0.15) is 19.8 Å². The van der Waals surface area contributed by atoms with Gasteiger partial charge in [-0.2, -0.15) is 13.2 Å². The van der Waals surface area contributed by atoms with Crippen LogP contribution in [0.5, 0.6) is 0 Å². The molecule has 0 heterocycles. The Bertz CT molecular complexity index is 131. The highest BCUT2D eigenvalue weighted by molar-refractivity contribution is 4.73. The lowest BCUT2D eigenvalue weighted by atomic mass is 10.0. The highest BCUT2D eigenvalue weighted by Gasteiger charge is 2.31. The van der Waals surface area contributed by atoms with E-state index in [-0.39, 0.29) is 13.0 Å². The summed E-state index contributed by atoms with van der Waals surface area (Å²) in [6.45, 7) is 1.24. The second-order valence-electron chi connectivity index (χ2n) is 3.05. The Balaban J connectivity index is 3.75. The van der Waals surface area contributed by atoms with E-state index in [4.69, 9.17) is 0 Å². The number of hydrogen-bond acceptors (Lipinski definition) is 2. The van der Waals surface area contributed by atoms with Gasteiger partial charge in [-0.05, 0) is 13.3 Å². The van der Waals surface area contributed by atoms with Crippen LogP contribution in [0.4, 0.5) is 13.2 Å². The Labute approximate surface area is 69.3 Å². The molecule has 0 aliphatic rings. The van der Waals surface area contributed by atoms with E-state index in [0.29, 0.717) is 0 Å². The third kappa shape index (κ3) is 6.42. The molecule has 1 unspecified atom stereocenters. The molecule has 0 aliphatic carbocycles. The van der Waals surface area contributed by atoms with Crippen molar-refractivity contribution in [2.24, 2.45) is 0 Å². The molecule has 0 saturated heterocycles. The maximum atomic E-state index is 11.7. The van der Waals surface area contributed by atoms with Crippen LogP contribution >= 0.6 is 0 Å². The predicted octanol–water partition coefficient (Wildman–Crippen LogP) is 1.73. The van der Waals surface area contributed by atoms with Gasteiger partial charge >= 0.3 is 6.18 Å². The third-order valence-corrected chi connectivity index (χ3v) is 1.40. The lowest BCUT2D eigenvalue weighted by Crippen LogP contribution is -2.31. The first kappa shape index (κ1) is 11.7. The van der Waals surface area contributed by atoms with Crippen LogP contribution in [0.2, 0.25) is 0 Å². The second-order valence-corrected chi connectivity index (χ2v) is 3.05. The number of methoxy groups -OCH3 is 1. The van der Waals surface area contributed by atoms with Gasteiger partial charge in [0.05, 0.1) is 12.2 Å². The van der Waals surface area contributed by atoms with Crippen molar-refractivity contribution in [3.63, 3.8) is 0 Å². The van der Waals surface area contributed by atoms with E-state index in [1.165, 1.54) is 14.0 Å². The number of rotatable bonds is 4. The lowest BCUT2D eigenvalue weighted by Gasteiger charge is -2.22.